The zero-order chi connectivity index (χ0) is 9.61. The van der Waals surface area contributed by atoms with E-state index in [1.165, 1.54) is 0 Å². The summed E-state index contributed by atoms with van der Waals surface area (Å²) in [7, 11) is -4.45. The number of hydrogen-bond donors (Lipinski definition) is 2. The van der Waals surface area contributed by atoms with Gasteiger partial charge < -0.3 is 14.5 Å². The molecule has 72 valence electrons. The number of phosphoric acid groups is 1. The molecule has 2 N–H and O–H groups in total. The van der Waals surface area contributed by atoms with Crippen LogP contribution in [-0.4, -0.2) is 58.5 Å². The molecule has 0 spiro atoms. The summed E-state index contributed by atoms with van der Waals surface area (Å²) >= 11 is 0. The summed E-state index contributed by atoms with van der Waals surface area (Å²) in [6, 6.07) is 0. The Hall–Kier alpha value is 0.320. The molecule has 0 amide bonds. The summed E-state index contributed by atoms with van der Waals surface area (Å²) in [5, 5.41) is 0. The topological polar surface area (TPSA) is 93.1 Å². The SMILES string of the molecule is C=CC(=O)OCCOP(=O)(O)O.[NaH]. The Morgan fingerprint density at radius 3 is 2.38 bits per heavy atom. The van der Waals surface area contributed by atoms with Crippen molar-refractivity contribution in [3.63, 3.8) is 0 Å². The molecule has 0 aliphatic rings. The average molecular weight is 220 g/mol. The number of rotatable bonds is 5. The van der Waals surface area contributed by atoms with Gasteiger partial charge in [0, 0.05) is 6.08 Å². The van der Waals surface area contributed by atoms with Gasteiger partial charge in [0.15, 0.2) is 0 Å². The molecule has 8 heteroatoms. The van der Waals surface area contributed by atoms with Crippen molar-refractivity contribution >= 4 is 43.3 Å². The normalized spacial score (nSPS) is 10.0. The molecule has 0 aliphatic carbocycles. The third-order valence-electron chi connectivity index (χ3n) is 0.754. The first-order valence-corrected chi connectivity index (χ1v) is 4.48. The van der Waals surface area contributed by atoms with E-state index in [1.807, 2.05) is 0 Å². The maximum absolute atomic E-state index is 10.3. The van der Waals surface area contributed by atoms with Gasteiger partial charge >= 0.3 is 43.3 Å². The fourth-order valence-electron chi connectivity index (χ4n) is 0.357. The molecule has 13 heavy (non-hydrogen) atoms. The van der Waals surface area contributed by atoms with Gasteiger partial charge in [0.25, 0.3) is 0 Å². The van der Waals surface area contributed by atoms with Gasteiger partial charge in [-0.3, -0.25) is 4.52 Å². The average Bonchev–Trinajstić information content (AvgIpc) is 1.96. The van der Waals surface area contributed by atoms with Gasteiger partial charge in [-0.1, -0.05) is 6.58 Å². The van der Waals surface area contributed by atoms with E-state index >= 15 is 0 Å². The van der Waals surface area contributed by atoms with Gasteiger partial charge in [0.2, 0.25) is 0 Å². The first kappa shape index (κ1) is 15.8. The second-order valence-corrected chi connectivity index (χ2v) is 2.93. The molecule has 0 atom stereocenters. The molecular formula is C5H10NaO6P. The van der Waals surface area contributed by atoms with Crippen molar-refractivity contribution < 1.29 is 28.4 Å². The van der Waals surface area contributed by atoms with Gasteiger partial charge in [-0.25, -0.2) is 9.36 Å². The van der Waals surface area contributed by atoms with E-state index in [4.69, 9.17) is 9.79 Å². The molecule has 0 unspecified atom stereocenters. The van der Waals surface area contributed by atoms with Gasteiger partial charge in [-0.15, -0.1) is 0 Å². The molecule has 6 nitrogen and oxygen atoms in total. The fraction of sp³-hybridized carbons (Fsp3) is 0.400. The standard InChI is InChI=1S/C5H9O6P.Na.H/c1-2-5(6)10-3-4-11-12(7,8)9;;/h2H,1,3-4H2,(H2,7,8,9);;. The number of carbonyl (C=O) groups excluding carboxylic acids is 1. The molecular weight excluding hydrogens is 210 g/mol. The minimum atomic E-state index is -4.45. The summed E-state index contributed by atoms with van der Waals surface area (Å²) in [6.45, 7) is 2.56. The molecule has 0 aromatic carbocycles. The number of hydrogen-bond acceptors (Lipinski definition) is 4. The first-order valence-electron chi connectivity index (χ1n) is 2.95. The van der Waals surface area contributed by atoms with E-state index in [2.05, 4.69) is 15.8 Å². The van der Waals surface area contributed by atoms with Crippen LogP contribution in [0, 0.1) is 0 Å². The van der Waals surface area contributed by atoms with Gasteiger partial charge in [-0.05, 0) is 0 Å². The Balaban J connectivity index is 0. The van der Waals surface area contributed by atoms with Crippen LogP contribution < -0.4 is 0 Å². The van der Waals surface area contributed by atoms with E-state index in [-0.39, 0.29) is 42.8 Å². The predicted octanol–water partition coefficient (Wildman–Crippen LogP) is -0.824. The van der Waals surface area contributed by atoms with Crippen molar-refractivity contribution in [2.45, 2.75) is 0 Å². The van der Waals surface area contributed by atoms with E-state index in [0.29, 0.717) is 0 Å². The van der Waals surface area contributed by atoms with E-state index < -0.39 is 13.8 Å². The third kappa shape index (κ3) is 12.3. The Morgan fingerprint density at radius 1 is 1.46 bits per heavy atom. The molecule has 0 saturated heterocycles. The number of ether oxygens (including phenoxy) is 1. The first-order chi connectivity index (χ1) is 5.45. The molecule has 0 aliphatic heterocycles. The number of phosphoric ester groups is 1. The zero-order valence-corrected chi connectivity index (χ0v) is 7.07. The Bertz CT molecular complexity index is 211. The summed E-state index contributed by atoms with van der Waals surface area (Å²) in [5.41, 5.74) is 0. The Kier molecular flexibility index (Phi) is 9.34. The summed E-state index contributed by atoms with van der Waals surface area (Å²) in [4.78, 5) is 26.7. The van der Waals surface area contributed by atoms with Crippen LogP contribution in [0.4, 0.5) is 0 Å². The van der Waals surface area contributed by atoms with E-state index in [0.717, 1.165) is 6.08 Å². The predicted molar refractivity (Wildman–Crippen MR) is 46.3 cm³/mol. The van der Waals surface area contributed by atoms with Crippen LogP contribution in [-0.2, 0) is 18.6 Å². The van der Waals surface area contributed by atoms with Gasteiger partial charge in [0.05, 0.1) is 6.61 Å². The zero-order valence-electron chi connectivity index (χ0n) is 6.17. The van der Waals surface area contributed by atoms with Crippen LogP contribution in [0.1, 0.15) is 0 Å². The van der Waals surface area contributed by atoms with Gasteiger partial charge in [0.1, 0.15) is 6.61 Å². The molecule has 0 saturated carbocycles. The molecule has 0 aromatic heterocycles. The van der Waals surface area contributed by atoms with Crippen molar-refractivity contribution in [2.24, 2.45) is 0 Å². The number of carbonyl (C=O) groups is 1. The number of esters is 1. The summed E-state index contributed by atoms with van der Waals surface area (Å²) < 4.78 is 18.4. The van der Waals surface area contributed by atoms with E-state index in [1.54, 1.807) is 0 Å². The van der Waals surface area contributed by atoms with Crippen LogP contribution >= 0.6 is 7.82 Å². The van der Waals surface area contributed by atoms with Crippen LogP contribution in [0.5, 0.6) is 0 Å². The molecule has 0 aromatic rings. The van der Waals surface area contributed by atoms with Crippen molar-refractivity contribution in [1.29, 1.82) is 0 Å². The molecule has 0 fully saturated rings. The van der Waals surface area contributed by atoms with Crippen molar-refractivity contribution in [3.05, 3.63) is 12.7 Å². The summed E-state index contributed by atoms with van der Waals surface area (Å²) in [6.07, 6.45) is 0.942. The Labute approximate surface area is 97.4 Å². The van der Waals surface area contributed by atoms with Crippen LogP contribution in [0.3, 0.4) is 0 Å². The summed E-state index contributed by atoms with van der Waals surface area (Å²) in [5.74, 6) is -0.663. The monoisotopic (exact) mass is 220 g/mol. The van der Waals surface area contributed by atoms with E-state index in [9.17, 15) is 9.36 Å². The fourth-order valence-corrected chi connectivity index (χ4v) is 0.670. The van der Waals surface area contributed by atoms with Gasteiger partial charge in [-0.2, -0.15) is 0 Å². The Morgan fingerprint density at radius 2 is 2.00 bits per heavy atom. The quantitative estimate of drug-likeness (QED) is 0.206. The van der Waals surface area contributed by atoms with Crippen LogP contribution in [0.15, 0.2) is 12.7 Å². The second-order valence-electron chi connectivity index (χ2n) is 1.70. The van der Waals surface area contributed by atoms with Crippen LogP contribution in [0.2, 0.25) is 0 Å². The van der Waals surface area contributed by atoms with Crippen LogP contribution in [0.25, 0.3) is 0 Å². The van der Waals surface area contributed by atoms with Crippen molar-refractivity contribution in [3.8, 4) is 0 Å². The van der Waals surface area contributed by atoms with Crippen molar-refractivity contribution in [2.75, 3.05) is 13.2 Å². The maximum atomic E-state index is 10.3. The molecule has 0 radical (unpaired) electrons. The molecule has 0 heterocycles. The third-order valence-corrected chi connectivity index (χ3v) is 1.27. The second kappa shape index (κ2) is 7.70. The van der Waals surface area contributed by atoms with Crippen molar-refractivity contribution in [1.82, 2.24) is 0 Å². The molecule has 0 bridgehead atoms. The minimum absolute atomic E-state index is 0. The molecule has 0 rings (SSSR count).